The second kappa shape index (κ2) is 6.27. The van der Waals surface area contributed by atoms with E-state index >= 15 is 0 Å². The maximum Gasteiger partial charge on any atom is 0.173 e. The Hall–Kier alpha value is -2.24. The van der Waals surface area contributed by atoms with Crippen molar-refractivity contribution >= 4 is 17.4 Å². The van der Waals surface area contributed by atoms with Crippen LogP contribution in [-0.4, -0.2) is 16.1 Å². The molecule has 0 amide bonds. The Morgan fingerprint density at radius 1 is 1.20 bits per heavy atom. The molecule has 0 aliphatic carbocycles. The SMILES string of the molecule is NC(=NO)c1ccc(Cl)cc1Oc1ccc(CO)cc1. The molecule has 0 aliphatic heterocycles. The summed E-state index contributed by atoms with van der Waals surface area (Å²) in [5.41, 5.74) is 6.80. The van der Waals surface area contributed by atoms with E-state index in [0.29, 0.717) is 22.1 Å². The lowest BCUT2D eigenvalue weighted by Gasteiger charge is -2.11. The van der Waals surface area contributed by atoms with Crippen LogP contribution in [0, 0.1) is 0 Å². The van der Waals surface area contributed by atoms with Gasteiger partial charge in [-0.2, -0.15) is 0 Å². The molecule has 104 valence electrons. The van der Waals surface area contributed by atoms with Crippen molar-refractivity contribution in [3.05, 3.63) is 58.6 Å². The zero-order chi connectivity index (χ0) is 14.5. The molecule has 6 heteroatoms. The van der Waals surface area contributed by atoms with E-state index in [4.69, 9.17) is 32.4 Å². The molecule has 2 aromatic rings. The fourth-order valence-corrected chi connectivity index (χ4v) is 1.80. The third-order valence-electron chi connectivity index (χ3n) is 2.66. The number of nitrogens with two attached hydrogens (primary N) is 1. The number of ether oxygens (including phenoxy) is 1. The van der Waals surface area contributed by atoms with Crippen molar-refractivity contribution < 1.29 is 15.1 Å². The summed E-state index contributed by atoms with van der Waals surface area (Å²) >= 11 is 5.92. The molecule has 0 atom stereocenters. The van der Waals surface area contributed by atoms with Gasteiger partial charge >= 0.3 is 0 Å². The van der Waals surface area contributed by atoms with Crippen LogP contribution in [0.3, 0.4) is 0 Å². The molecule has 0 heterocycles. The van der Waals surface area contributed by atoms with E-state index in [1.54, 1.807) is 42.5 Å². The van der Waals surface area contributed by atoms with E-state index in [9.17, 15) is 0 Å². The Bertz CT molecular complexity index is 627. The topological polar surface area (TPSA) is 88.1 Å². The number of oxime groups is 1. The van der Waals surface area contributed by atoms with E-state index in [1.807, 2.05) is 0 Å². The summed E-state index contributed by atoms with van der Waals surface area (Å²) in [5.74, 6) is 0.865. The van der Waals surface area contributed by atoms with Gasteiger partial charge in [0.05, 0.1) is 12.2 Å². The van der Waals surface area contributed by atoms with Gasteiger partial charge in [0.2, 0.25) is 0 Å². The molecule has 4 N–H and O–H groups in total. The van der Waals surface area contributed by atoms with E-state index < -0.39 is 0 Å². The van der Waals surface area contributed by atoms with Gasteiger partial charge in [-0.05, 0) is 29.8 Å². The Balaban J connectivity index is 2.33. The minimum Gasteiger partial charge on any atom is -0.457 e. The molecule has 2 rings (SSSR count). The van der Waals surface area contributed by atoms with E-state index in [2.05, 4.69) is 5.16 Å². The highest BCUT2D eigenvalue weighted by Gasteiger charge is 2.10. The van der Waals surface area contributed by atoms with E-state index in [-0.39, 0.29) is 12.4 Å². The van der Waals surface area contributed by atoms with Gasteiger partial charge in [0, 0.05) is 11.1 Å². The Kier molecular flexibility index (Phi) is 4.45. The van der Waals surface area contributed by atoms with E-state index in [1.165, 1.54) is 0 Å². The number of hydrogen-bond acceptors (Lipinski definition) is 4. The lowest BCUT2D eigenvalue weighted by Crippen LogP contribution is -2.14. The lowest BCUT2D eigenvalue weighted by molar-refractivity contribution is 0.281. The van der Waals surface area contributed by atoms with Gasteiger partial charge in [-0.15, -0.1) is 0 Å². The minimum absolute atomic E-state index is 0.0349. The van der Waals surface area contributed by atoms with Crippen LogP contribution in [0.15, 0.2) is 47.6 Å². The molecular weight excluding hydrogens is 280 g/mol. The zero-order valence-electron chi connectivity index (χ0n) is 10.5. The molecule has 5 nitrogen and oxygen atoms in total. The quantitative estimate of drug-likeness (QED) is 0.350. The molecule has 0 saturated heterocycles. The monoisotopic (exact) mass is 292 g/mol. The number of halogens is 1. The van der Waals surface area contributed by atoms with Gasteiger partial charge < -0.3 is 20.8 Å². The van der Waals surface area contributed by atoms with Crippen molar-refractivity contribution in [1.82, 2.24) is 0 Å². The molecular formula is C14H13ClN2O3. The second-order valence-electron chi connectivity index (χ2n) is 4.03. The molecule has 20 heavy (non-hydrogen) atoms. The summed E-state index contributed by atoms with van der Waals surface area (Å²) < 4.78 is 5.67. The summed E-state index contributed by atoms with van der Waals surface area (Å²) in [6.07, 6.45) is 0. The van der Waals surface area contributed by atoms with Crippen LogP contribution in [0.25, 0.3) is 0 Å². The molecule has 0 radical (unpaired) electrons. The zero-order valence-corrected chi connectivity index (χ0v) is 11.2. The normalized spacial score (nSPS) is 11.4. The first-order chi connectivity index (χ1) is 9.63. The Morgan fingerprint density at radius 3 is 2.50 bits per heavy atom. The summed E-state index contributed by atoms with van der Waals surface area (Å²) in [5, 5.41) is 21.2. The van der Waals surface area contributed by atoms with Crippen molar-refractivity contribution in [2.45, 2.75) is 6.61 Å². The van der Waals surface area contributed by atoms with Gasteiger partial charge in [-0.1, -0.05) is 28.9 Å². The van der Waals surface area contributed by atoms with E-state index in [0.717, 1.165) is 5.56 Å². The number of amidine groups is 1. The first-order valence-corrected chi connectivity index (χ1v) is 6.17. The number of aliphatic hydroxyl groups excluding tert-OH is 1. The average Bonchev–Trinajstić information content (AvgIpc) is 2.47. The van der Waals surface area contributed by atoms with Crippen molar-refractivity contribution in [2.24, 2.45) is 10.9 Å². The highest BCUT2D eigenvalue weighted by molar-refractivity contribution is 6.30. The predicted molar refractivity (Wildman–Crippen MR) is 76.4 cm³/mol. The van der Waals surface area contributed by atoms with Crippen LogP contribution in [0.1, 0.15) is 11.1 Å². The molecule has 0 fully saturated rings. The van der Waals surface area contributed by atoms with Crippen molar-refractivity contribution in [3.63, 3.8) is 0 Å². The average molecular weight is 293 g/mol. The Labute approximate surface area is 120 Å². The number of nitrogens with zero attached hydrogens (tertiary/aromatic N) is 1. The number of benzene rings is 2. The fourth-order valence-electron chi connectivity index (χ4n) is 1.64. The standard InChI is InChI=1S/C14H13ClN2O3/c15-10-3-6-12(14(16)17-19)13(7-10)20-11-4-1-9(8-18)2-5-11/h1-7,18-19H,8H2,(H2,16,17). The summed E-state index contributed by atoms with van der Waals surface area (Å²) in [7, 11) is 0. The smallest absolute Gasteiger partial charge is 0.173 e. The summed E-state index contributed by atoms with van der Waals surface area (Å²) in [6, 6.07) is 11.7. The van der Waals surface area contributed by atoms with Gasteiger partial charge in [-0.3, -0.25) is 0 Å². The molecule has 0 aliphatic rings. The highest BCUT2D eigenvalue weighted by atomic mass is 35.5. The third-order valence-corrected chi connectivity index (χ3v) is 2.90. The fraction of sp³-hybridized carbons (Fsp3) is 0.0714. The second-order valence-corrected chi connectivity index (χ2v) is 4.47. The van der Waals surface area contributed by atoms with Gasteiger partial charge in [0.1, 0.15) is 11.5 Å². The molecule has 2 aromatic carbocycles. The van der Waals surface area contributed by atoms with Crippen LogP contribution in [0.5, 0.6) is 11.5 Å². The van der Waals surface area contributed by atoms with Gasteiger partial charge in [0.15, 0.2) is 5.84 Å². The number of aliphatic hydroxyl groups is 1. The largest absolute Gasteiger partial charge is 0.457 e. The first kappa shape index (κ1) is 14.2. The molecule has 0 aromatic heterocycles. The van der Waals surface area contributed by atoms with Crippen LogP contribution in [0.2, 0.25) is 5.02 Å². The van der Waals surface area contributed by atoms with Crippen LogP contribution in [-0.2, 0) is 6.61 Å². The number of hydrogen-bond donors (Lipinski definition) is 3. The minimum atomic E-state index is -0.0661. The molecule has 0 spiro atoms. The van der Waals surface area contributed by atoms with Gasteiger partial charge in [-0.25, -0.2) is 0 Å². The van der Waals surface area contributed by atoms with Crippen molar-refractivity contribution in [3.8, 4) is 11.5 Å². The summed E-state index contributed by atoms with van der Waals surface area (Å²) in [4.78, 5) is 0. The van der Waals surface area contributed by atoms with Crippen LogP contribution >= 0.6 is 11.6 Å². The van der Waals surface area contributed by atoms with Crippen molar-refractivity contribution in [1.29, 1.82) is 0 Å². The summed E-state index contributed by atoms with van der Waals surface area (Å²) in [6.45, 7) is -0.0349. The predicted octanol–water partition coefficient (Wildman–Crippen LogP) is 2.72. The maximum absolute atomic E-state index is 8.99. The van der Waals surface area contributed by atoms with Crippen LogP contribution < -0.4 is 10.5 Å². The molecule has 0 bridgehead atoms. The maximum atomic E-state index is 8.99. The van der Waals surface area contributed by atoms with Crippen molar-refractivity contribution in [2.75, 3.05) is 0 Å². The highest BCUT2D eigenvalue weighted by Crippen LogP contribution is 2.28. The Morgan fingerprint density at radius 2 is 1.90 bits per heavy atom. The third kappa shape index (κ3) is 3.20. The van der Waals surface area contributed by atoms with Crippen LogP contribution in [0.4, 0.5) is 0 Å². The number of rotatable bonds is 4. The van der Waals surface area contributed by atoms with Gasteiger partial charge in [0.25, 0.3) is 0 Å². The first-order valence-electron chi connectivity index (χ1n) is 5.79. The molecule has 0 unspecified atom stereocenters. The molecule has 0 saturated carbocycles. The lowest BCUT2D eigenvalue weighted by atomic mass is 10.2.